The van der Waals surface area contributed by atoms with Gasteiger partial charge in [0.25, 0.3) is 0 Å². The summed E-state index contributed by atoms with van der Waals surface area (Å²) in [6, 6.07) is 8.03. The minimum atomic E-state index is 0.000273. The third-order valence-corrected chi connectivity index (χ3v) is 2.11. The first-order valence-electron chi connectivity index (χ1n) is 5.30. The standard InChI is InChI=1S/C12H18N2O/c1-3-8-13-12-7-5-4-6-11(12)9-14-10(2)15/h4-7,13H,3,8-9H2,1-2H3,(H,14,15). The number of benzene rings is 1. The average molecular weight is 206 g/mol. The predicted octanol–water partition coefficient (Wildman–Crippen LogP) is 2.14. The van der Waals surface area contributed by atoms with Crippen LogP contribution in [0.1, 0.15) is 25.8 Å². The van der Waals surface area contributed by atoms with E-state index < -0.39 is 0 Å². The molecule has 0 aromatic heterocycles. The fourth-order valence-corrected chi connectivity index (χ4v) is 1.33. The van der Waals surface area contributed by atoms with Gasteiger partial charge in [0.2, 0.25) is 5.91 Å². The molecule has 1 aromatic carbocycles. The van der Waals surface area contributed by atoms with Crippen molar-refractivity contribution in [3.05, 3.63) is 29.8 Å². The number of rotatable bonds is 5. The molecule has 0 saturated carbocycles. The molecule has 0 bridgehead atoms. The fourth-order valence-electron chi connectivity index (χ4n) is 1.33. The van der Waals surface area contributed by atoms with E-state index in [1.165, 1.54) is 6.92 Å². The monoisotopic (exact) mass is 206 g/mol. The van der Waals surface area contributed by atoms with E-state index in [2.05, 4.69) is 17.6 Å². The molecule has 3 nitrogen and oxygen atoms in total. The average Bonchev–Trinajstić information content (AvgIpc) is 2.24. The molecule has 0 heterocycles. The fraction of sp³-hybridized carbons (Fsp3) is 0.417. The molecule has 0 radical (unpaired) electrons. The molecule has 0 aliphatic heterocycles. The molecule has 82 valence electrons. The first-order valence-corrected chi connectivity index (χ1v) is 5.30. The molecule has 0 aliphatic rings. The van der Waals surface area contributed by atoms with Gasteiger partial charge in [-0.2, -0.15) is 0 Å². The van der Waals surface area contributed by atoms with Crippen LogP contribution in [-0.2, 0) is 11.3 Å². The zero-order valence-corrected chi connectivity index (χ0v) is 9.34. The maximum Gasteiger partial charge on any atom is 0.217 e. The Morgan fingerprint density at radius 3 is 2.73 bits per heavy atom. The zero-order valence-electron chi connectivity index (χ0n) is 9.34. The van der Waals surface area contributed by atoms with Crippen LogP contribution in [0.4, 0.5) is 5.69 Å². The number of anilines is 1. The summed E-state index contributed by atoms with van der Waals surface area (Å²) in [5.74, 6) is 0.000273. The van der Waals surface area contributed by atoms with Crippen LogP contribution in [0.25, 0.3) is 0 Å². The summed E-state index contributed by atoms with van der Waals surface area (Å²) in [5, 5.41) is 6.14. The number of para-hydroxylation sites is 1. The Labute approximate surface area is 90.9 Å². The zero-order chi connectivity index (χ0) is 11.1. The van der Waals surface area contributed by atoms with Gasteiger partial charge in [-0.05, 0) is 18.1 Å². The number of nitrogens with one attached hydrogen (secondary N) is 2. The normalized spacial score (nSPS) is 9.73. The van der Waals surface area contributed by atoms with Crippen LogP contribution in [0.3, 0.4) is 0 Å². The SMILES string of the molecule is CCCNc1ccccc1CNC(C)=O. The smallest absolute Gasteiger partial charge is 0.217 e. The molecule has 0 spiro atoms. The van der Waals surface area contributed by atoms with E-state index in [1.54, 1.807) is 0 Å². The summed E-state index contributed by atoms with van der Waals surface area (Å²) < 4.78 is 0. The molecular formula is C12H18N2O. The van der Waals surface area contributed by atoms with Crippen molar-refractivity contribution < 1.29 is 4.79 Å². The quantitative estimate of drug-likeness (QED) is 0.775. The lowest BCUT2D eigenvalue weighted by molar-refractivity contribution is -0.119. The number of amides is 1. The lowest BCUT2D eigenvalue weighted by atomic mass is 10.1. The molecular weight excluding hydrogens is 188 g/mol. The molecule has 1 aromatic rings. The number of carbonyl (C=O) groups excluding carboxylic acids is 1. The first-order chi connectivity index (χ1) is 7.24. The topological polar surface area (TPSA) is 41.1 Å². The molecule has 0 fully saturated rings. The van der Waals surface area contributed by atoms with Crippen molar-refractivity contribution in [2.24, 2.45) is 0 Å². The second-order valence-corrected chi connectivity index (χ2v) is 3.49. The van der Waals surface area contributed by atoms with E-state index in [4.69, 9.17) is 0 Å². The highest BCUT2D eigenvalue weighted by Crippen LogP contribution is 2.14. The molecule has 1 rings (SSSR count). The maximum absolute atomic E-state index is 10.8. The second kappa shape index (κ2) is 6.06. The minimum absolute atomic E-state index is 0.000273. The Kier molecular flexibility index (Phi) is 4.68. The highest BCUT2D eigenvalue weighted by Gasteiger charge is 2.00. The third-order valence-electron chi connectivity index (χ3n) is 2.11. The molecule has 0 atom stereocenters. The van der Waals surface area contributed by atoms with E-state index in [0.717, 1.165) is 24.2 Å². The molecule has 0 unspecified atom stereocenters. The second-order valence-electron chi connectivity index (χ2n) is 3.49. The van der Waals surface area contributed by atoms with Crippen LogP contribution in [-0.4, -0.2) is 12.5 Å². The van der Waals surface area contributed by atoms with Crippen molar-refractivity contribution in [1.82, 2.24) is 5.32 Å². The van der Waals surface area contributed by atoms with E-state index in [-0.39, 0.29) is 5.91 Å². The Hall–Kier alpha value is -1.51. The van der Waals surface area contributed by atoms with Gasteiger partial charge in [0.05, 0.1) is 0 Å². The van der Waals surface area contributed by atoms with Gasteiger partial charge in [0.15, 0.2) is 0 Å². The lowest BCUT2D eigenvalue weighted by Gasteiger charge is -2.11. The Balaban J connectivity index is 2.63. The number of carbonyl (C=O) groups is 1. The van der Waals surface area contributed by atoms with Gasteiger partial charge >= 0.3 is 0 Å². The van der Waals surface area contributed by atoms with Gasteiger partial charge in [0.1, 0.15) is 0 Å². The third kappa shape index (κ3) is 4.02. The van der Waals surface area contributed by atoms with Crippen molar-refractivity contribution >= 4 is 11.6 Å². The van der Waals surface area contributed by atoms with Crippen LogP contribution in [0.2, 0.25) is 0 Å². The Morgan fingerprint density at radius 1 is 1.33 bits per heavy atom. The van der Waals surface area contributed by atoms with Crippen LogP contribution in [0.5, 0.6) is 0 Å². The van der Waals surface area contributed by atoms with Gasteiger partial charge < -0.3 is 10.6 Å². The van der Waals surface area contributed by atoms with Crippen LogP contribution in [0, 0.1) is 0 Å². The number of hydrogen-bond acceptors (Lipinski definition) is 2. The van der Waals surface area contributed by atoms with Crippen LogP contribution < -0.4 is 10.6 Å². The van der Waals surface area contributed by atoms with Gasteiger partial charge in [-0.3, -0.25) is 4.79 Å². The summed E-state index contributed by atoms with van der Waals surface area (Å²) in [6.07, 6.45) is 1.09. The van der Waals surface area contributed by atoms with E-state index in [9.17, 15) is 4.79 Å². The van der Waals surface area contributed by atoms with E-state index in [1.807, 2.05) is 24.3 Å². The van der Waals surface area contributed by atoms with Gasteiger partial charge in [-0.1, -0.05) is 25.1 Å². The Morgan fingerprint density at radius 2 is 2.07 bits per heavy atom. The summed E-state index contributed by atoms with van der Waals surface area (Å²) in [4.78, 5) is 10.8. The highest BCUT2D eigenvalue weighted by molar-refractivity contribution is 5.73. The maximum atomic E-state index is 10.8. The first kappa shape index (κ1) is 11.6. The highest BCUT2D eigenvalue weighted by atomic mass is 16.1. The summed E-state index contributed by atoms with van der Waals surface area (Å²) >= 11 is 0. The van der Waals surface area contributed by atoms with Gasteiger partial charge in [-0.25, -0.2) is 0 Å². The predicted molar refractivity (Wildman–Crippen MR) is 62.7 cm³/mol. The number of hydrogen-bond donors (Lipinski definition) is 2. The van der Waals surface area contributed by atoms with Crippen molar-refractivity contribution in [2.45, 2.75) is 26.8 Å². The van der Waals surface area contributed by atoms with Crippen molar-refractivity contribution in [2.75, 3.05) is 11.9 Å². The molecule has 0 saturated heterocycles. The molecule has 2 N–H and O–H groups in total. The van der Waals surface area contributed by atoms with Crippen molar-refractivity contribution in [1.29, 1.82) is 0 Å². The summed E-state index contributed by atoms with van der Waals surface area (Å²) in [5.41, 5.74) is 2.23. The van der Waals surface area contributed by atoms with Crippen molar-refractivity contribution in [3.63, 3.8) is 0 Å². The molecule has 0 aliphatic carbocycles. The van der Waals surface area contributed by atoms with Crippen LogP contribution >= 0.6 is 0 Å². The summed E-state index contributed by atoms with van der Waals surface area (Å²) in [7, 11) is 0. The molecule has 3 heteroatoms. The van der Waals surface area contributed by atoms with E-state index in [0.29, 0.717) is 6.54 Å². The molecule has 1 amide bonds. The van der Waals surface area contributed by atoms with Gasteiger partial charge in [0, 0.05) is 25.7 Å². The lowest BCUT2D eigenvalue weighted by Crippen LogP contribution is -2.19. The largest absolute Gasteiger partial charge is 0.385 e. The molecule has 15 heavy (non-hydrogen) atoms. The van der Waals surface area contributed by atoms with E-state index >= 15 is 0 Å². The van der Waals surface area contributed by atoms with Crippen LogP contribution in [0.15, 0.2) is 24.3 Å². The van der Waals surface area contributed by atoms with Crippen molar-refractivity contribution in [3.8, 4) is 0 Å². The Bertz CT molecular complexity index is 323. The summed E-state index contributed by atoms with van der Waals surface area (Å²) in [6.45, 7) is 5.20. The minimum Gasteiger partial charge on any atom is -0.385 e. The van der Waals surface area contributed by atoms with Gasteiger partial charge in [-0.15, -0.1) is 0 Å².